The molecule has 0 amide bonds. The van der Waals surface area contributed by atoms with Crippen molar-refractivity contribution < 1.29 is 4.79 Å². The molecule has 0 fully saturated rings. The second kappa shape index (κ2) is 5.59. The third-order valence-corrected chi connectivity index (χ3v) is 3.66. The first kappa shape index (κ1) is 11.8. The van der Waals surface area contributed by atoms with Gasteiger partial charge < -0.3 is 4.90 Å². The van der Waals surface area contributed by atoms with E-state index in [4.69, 9.17) is 0 Å². The number of pyridine rings is 1. The summed E-state index contributed by atoms with van der Waals surface area (Å²) in [7, 11) is 2.03. The highest BCUT2D eigenvalue weighted by molar-refractivity contribution is 7.17. The van der Waals surface area contributed by atoms with Gasteiger partial charge in [0.1, 0.15) is 0 Å². The van der Waals surface area contributed by atoms with Gasteiger partial charge in [0, 0.05) is 31.9 Å². The van der Waals surface area contributed by atoms with Crippen molar-refractivity contribution in [3.05, 3.63) is 47.1 Å². The maximum atomic E-state index is 10.6. The number of hydrogen-bond donors (Lipinski definition) is 0. The van der Waals surface area contributed by atoms with Gasteiger partial charge in [-0.2, -0.15) is 0 Å². The minimum atomic E-state index is 0.768. The number of anilines is 1. The maximum absolute atomic E-state index is 10.6. The fourth-order valence-electron chi connectivity index (χ4n) is 1.55. The molecule has 17 heavy (non-hydrogen) atoms. The third-order valence-electron chi connectivity index (χ3n) is 2.53. The van der Waals surface area contributed by atoms with Crippen LogP contribution in [0.15, 0.2) is 36.5 Å². The second-order valence-corrected chi connectivity index (χ2v) is 4.88. The van der Waals surface area contributed by atoms with Gasteiger partial charge in [-0.25, -0.2) is 0 Å². The van der Waals surface area contributed by atoms with Crippen LogP contribution in [0.5, 0.6) is 0 Å². The van der Waals surface area contributed by atoms with E-state index in [0.717, 1.165) is 34.8 Å². The minimum absolute atomic E-state index is 0.768. The molecule has 0 bridgehead atoms. The van der Waals surface area contributed by atoms with Crippen molar-refractivity contribution in [1.82, 2.24) is 4.98 Å². The minimum Gasteiger partial charge on any atom is -0.366 e. The van der Waals surface area contributed by atoms with E-state index in [1.165, 1.54) is 11.3 Å². The van der Waals surface area contributed by atoms with Gasteiger partial charge in [-0.05, 0) is 24.3 Å². The fraction of sp³-hybridized carbons (Fsp3) is 0.231. The van der Waals surface area contributed by atoms with Crippen LogP contribution in [0.4, 0.5) is 5.00 Å². The van der Waals surface area contributed by atoms with Gasteiger partial charge in [0.25, 0.3) is 0 Å². The van der Waals surface area contributed by atoms with E-state index in [2.05, 4.69) is 9.88 Å². The number of nitrogens with zero attached hydrogens (tertiary/aromatic N) is 2. The van der Waals surface area contributed by atoms with Crippen LogP contribution in [0.2, 0.25) is 0 Å². The van der Waals surface area contributed by atoms with Crippen LogP contribution < -0.4 is 4.90 Å². The molecule has 0 atom stereocenters. The number of aldehydes is 1. The number of carbonyl (C=O) groups excluding carboxylic acids is 1. The monoisotopic (exact) mass is 246 g/mol. The van der Waals surface area contributed by atoms with Crippen LogP contribution in [0.1, 0.15) is 15.4 Å². The van der Waals surface area contributed by atoms with E-state index in [9.17, 15) is 4.79 Å². The summed E-state index contributed by atoms with van der Waals surface area (Å²) in [5, 5.41) is 1.11. The molecular weight excluding hydrogens is 232 g/mol. The van der Waals surface area contributed by atoms with Crippen LogP contribution in [-0.4, -0.2) is 24.9 Å². The van der Waals surface area contributed by atoms with Crippen molar-refractivity contribution in [2.75, 3.05) is 18.5 Å². The van der Waals surface area contributed by atoms with Crippen LogP contribution in [0, 0.1) is 0 Å². The lowest BCUT2D eigenvalue weighted by molar-refractivity contribution is 0.112. The fourth-order valence-corrected chi connectivity index (χ4v) is 2.36. The maximum Gasteiger partial charge on any atom is 0.160 e. The average molecular weight is 246 g/mol. The van der Waals surface area contributed by atoms with Crippen LogP contribution in [-0.2, 0) is 6.42 Å². The molecule has 2 rings (SSSR count). The number of aromatic nitrogens is 1. The molecule has 0 aromatic carbocycles. The van der Waals surface area contributed by atoms with E-state index in [1.807, 2.05) is 43.6 Å². The Labute approximate surface area is 105 Å². The molecule has 0 aliphatic heterocycles. The van der Waals surface area contributed by atoms with Crippen molar-refractivity contribution in [3.8, 4) is 0 Å². The predicted molar refractivity (Wildman–Crippen MR) is 70.9 cm³/mol. The topological polar surface area (TPSA) is 33.2 Å². The lowest BCUT2D eigenvalue weighted by Crippen LogP contribution is -2.19. The summed E-state index contributed by atoms with van der Waals surface area (Å²) >= 11 is 1.51. The van der Waals surface area contributed by atoms with Gasteiger partial charge in [0.15, 0.2) is 6.29 Å². The first-order valence-electron chi connectivity index (χ1n) is 5.45. The van der Waals surface area contributed by atoms with Gasteiger partial charge >= 0.3 is 0 Å². The van der Waals surface area contributed by atoms with E-state index >= 15 is 0 Å². The molecular formula is C13H14N2OS. The second-order valence-electron chi connectivity index (χ2n) is 3.79. The lowest BCUT2D eigenvalue weighted by Gasteiger charge is -2.16. The average Bonchev–Trinajstić information content (AvgIpc) is 2.86. The van der Waals surface area contributed by atoms with Crippen LogP contribution >= 0.6 is 11.3 Å². The van der Waals surface area contributed by atoms with Gasteiger partial charge in [0.2, 0.25) is 0 Å². The molecule has 3 nitrogen and oxygen atoms in total. The number of carbonyl (C=O) groups is 1. The Morgan fingerprint density at radius 1 is 1.35 bits per heavy atom. The molecule has 2 aromatic rings. The molecule has 0 N–H and O–H groups in total. The Morgan fingerprint density at radius 2 is 2.24 bits per heavy atom. The molecule has 2 aromatic heterocycles. The lowest BCUT2D eigenvalue weighted by atomic mass is 10.2. The SMILES string of the molecule is CN(CCc1ccccn1)c1ccc(C=O)s1. The van der Waals surface area contributed by atoms with E-state index in [1.54, 1.807) is 0 Å². The molecule has 4 heteroatoms. The molecule has 88 valence electrons. The first-order chi connectivity index (χ1) is 8.29. The standard InChI is InChI=1S/C13H14N2OS/c1-15(13-6-5-12(10-16)17-13)9-7-11-4-2-3-8-14-11/h2-6,8,10H,7,9H2,1H3. The normalized spacial score (nSPS) is 10.2. The van der Waals surface area contributed by atoms with Crippen LogP contribution in [0.3, 0.4) is 0 Å². The Balaban J connectivity index is 1.93. The number of hydrogen-bond acceptors (Lipinski definition) is 4. The summed E-state index contributed by atoms with van der Waals surface area (Å²) in [6, 6.07) is 9.77. The van der Waals surface area contributed by atoms with Gasteiger partial charge in [-0.3, -0.25) is 9.78 Å². The molecule has 0 unspecified atom stereocenters. The Bertz CT molecular complexity index is 481. The van der Waals surface area contributed by atoms with Crippen molar-refractivity contribution in [2.45, 2.75) is 6.42 Å². The van der Waals surface area contributed by atoms with E-state index < -0.39 is 0 Å². The van der Waals surface area contributed by atoms with Crippen molar-refractivity contribution >= 4 is 22.6 Å². The van der Waals surface area contributed by atoms with Gasteiger partial charge in [-0.15, -0.1) is 11.3 Å². The predicted octanol–water partition coefficient (Wildman–Crippen LogP) is 2.63. The summed E-state index contributed by atoms with van der Waals surface area (Å²) in [5.74, 6) is 0. The molecule has 0 saturated carbocycles. The largest absolute Gasteiger partial charge is 0.366 e. The summed E-state index contributed by atoms with van der Waals surface area (Å²) < 4.78 is 0. The highest BCUT2D eigenvalue weighted by Gasteiger charge is 2.05. The Kier molecular flexibility index (Phi) is 3.88. The summed E-state index contributed by atoms with van der Waals surface area (Å²) in [4.78, 5) is 17.8. The summed E-state index contributed by atoms with van der Waals surface area (Å²) in [5.41, 5.74) is 1.09. The number of likely N-dealkylation sites (N-methyl/N-ethyl adjacent to an activating group) is 1. The zero-order chi connectivity index (χ0) is 12.1. The highest BCUT2D eigenvalue weighted by Crippen LogP contribution is 2.23. The van der Waals surface area contributed by atoms with E-state index in [-0.39, 0.29) is 0 Å². The van der Waals surface area contributed by atoms with Crippen LogP contribution in [0.25, 0.3) is 0 Å². The molecule has 0 radical (unpaired) electrons. The molecule has 0 aliphatic rings. The van der Waals surface area contributed by atoms with Crippen molar-refractivity contribution in [1.29, 1.82) is 0 Å². The molecule has 0 spiro atoms. The van der Waals surface area contributed by atoms with Gasteiger partial charge in [0.05, 0.1) is 9.88 Å². The number of thiophene rings is 1. The first-order valence-corrected chi connectivity index (χ1v) is 6.27. The van der Waals surface area contributed by atoms with Crippen molar-refractivity contribution in [2.24, 2.45) is 0 Å². The van der Waals surface area contributed by atoms with Crippen molar-refractivity contribution in [3.63, 3.8) is 0 Å². The quantitative estimate of drug-likeness (QED) is 0.760. The molecule has 0 aliphatic carbocycles. The Hall–Kier alpha value is -1.68. The Morgan fingerprint density at radius 3 is 2.88 bits per heavy atom. The number of rotatable bonds is 5. The summed E-state index contributed by atoms with van der Waals surface area (Å²) in [6.07, 6.45) is 3.61. The zero-order valence-electron chi connectivity index (χ0n) is 9.67. The summed E-state index contributed by atoms with van der Waals surface area (Å²) in [6.45, 7) is 0.899. The van der Waals surface area contributed by atoms with E-state index in [0.29, 0.717) is 0 Å². The highest BCUT2D eigenvalue weighted by atomic mass is 32.1. The molecule has 2 heterocycles. The van der Waals surface area contributed by atoms with Gasteiger partial charge in [-0.1, -0.05) is 6.07 Å². The zero-order valence-corrected chi connectivity index (χ0v) is 10.5. The third kappa shape index (κ3) is 3.14. The molecule has 0 saturated heterocycles. The smallest absolute Gasteiger partial charge is 0.160 e.